The zero-order valence-electron chi connectivity index (χ0n) is 10.6. The molecule has 0 bridgehead atoms. The van der Waals surface area contributed by atoms with Crippen molar-refractivity contribution in [1.29, 1.82) is 0 Å². The molecule has 0 aliphatic carbocycles. The Balaban J connectivity index is 1.84. The fraction of sp³-hybridized carbons (Fsp3) is 0.500. The van der Waals surface area contributed by atoms with Gasteiger partial charge in [-0.1, -0.05) is 18.6 Å². The lowest BCUT2D eigenvalue weighted by atomic mass is 10.0. The molecule has 2 aliphatic heterocycles. The number of piperidine rings is 1. The third kappa shape index (κ3) is 2.04. The Labute approximate surface area is 112 Å². The minimum atomic E-state index is 0.0821. The van der Waals surface area contributed by atoms with Crippen LogP contribution in [0.4, 0.5) is 0 Å². The average molecular weight is 262 g/mol. The maximum absolute atomic E-state index is 12.0. The highest BCUT2D eigenvalue weighted by molar-refractivity contribution is 7.98. The van der Waals surface area contributed by atoms with E-state index in [1.54, 1.807) is 11.8 Å². The molecule has 2 heterocycles. The van der Waals surface area contributed by atoms with Crippen LogP contribution in [0.5, 0.6) is 0 Å². The minimum absolute atomic E-state index is 0.0821. The first-order valence-corrected chi connectivity index (χ1v) is 7.72. The Bertz CT molecular complexity index is 446. The lowest BCUT2D eigenvalue weighted by molar-refractivity contribution is -0.122. The molecule has 18 heavy (non-hydrogen) atoms. The molecular weight excluding hydrogens is 244 g/mol. The predicted molar refractivity (Wildman–Crippen MR) is 73.5 cm³/mol. The van der Waals surface area contributed by atoms with Gasteiger partial charge in [-0.2, -0.15) is 0 Å². The molecule has 2 atom stereocenters. The largest absolute Gasteiger partial charge is 0.335 e. The van der Waals surface area contributed by atoms with E-state index in [2.05, 4.69) is 40.7 Å². The van der Waals surface area contributed by atoms with E-state index in [1.165, 1.54) is 23.3 Å². The third-order valence-electron chi connectivity index (χ3n) is 3.89. The number of nitrogens with zero attached hydrogens (tertiary/aromatic N) is 1. The van der Waals surface area contributed by atoms with Crippen molar-refractivity contribution in [2.45, 2.75) is 36.4 Å². The van der Waals surface area contributed by atoms with Gasteiger partial charge in [0.05, 0.1) is 6.04 Å². The van der Waals surface area contributed by atoms with Gasteiger partial charge in [-0.25, -0.2) is 0 Å². The molecule has 4 heteroatoms. The van der Waals surface area contributed by atoms with Gasteiger partial charge in [0.25, 0.3) is 0 Å². The summed E-state index contributed by atoms with van der Waals surface area (Å²) in [6, 6.07) is 8.62. The molecule has 2 unspecified atom stereocenters. The molecule has 0 saturated carbocycles. The summed E-state index contributed by atoms with van der Waals surface area (Å²) >= 11 is 1.74. The Morgan fingerprint density at radius 1 is 1.28 bits per heavy atom. The van der Waals surface area contributed by atoms with Crippen molar-refractivity contribution in [3.05, 3.63) is 29.8 Å². The highest BCUT2D eigenvalue weighted by Gasteiger charge is 2.41. The highest BCUT2D eigenvalue weighted by Crippen LogP contribution is 2.32. The van der Waals surface area contributed by atoms with Crippen molar-refractivity contribution in [2.75, 3.05) is 12.8 Å². The van der Waals surface area contributed by atoms with E-state index in [4.69, 9.17) is 0 Å². The number of benzene rings is 1. The van der Waals surface area contributed by atoms with Crippen LogP contribution >= 0.6 is 11.8 Å². The highest BCUT2D eigenvalue weighted by atomic mass is 32.2. The van der Waals surface area contributed by atoms with E-state index in [0.717, 1.165) is 13.0 Å². The van der Waals surface area contributed by atoms with Gasteiger partial charge in [-0.05, 0) is 36.8 Å². The van der Waals surface area contributed by atoms with Gasteiger partial charge in [0, 0.05) is 11.4 Å². The van der Waals surface area contributed by atoms with E-state index in [-0.39, 0.29) is 18.1 Å². The van der Waals surface area contributed by atoms with Gasteiger partial charge in [-0.3, -0.25) is 9.69 Å². The number of fused-ring (bicyclic) bond motifs is 1. The smallest absolute Gasteiger partial charge is 0.238 e. The summed E-state index contributed by atoms with van der Waals surface area (Å²) in [4.78, 5) is 15.5. The van der Waals surface area contributed by atoms with Gasteiger partial charge in [-0.15, -0.1) is 11.8 Å². The van der Waals surface area contributed by atoms with E-state index in [1.807, 2.05) is 0 Å². The first-order chi connectivity index (χ1) is 8.79. The van der Waals surface area contributed by atoms with E-state index >= 15 is 0 Å². The number of carbonyl (C=O) groups excluding carboxylic acids is 1. The van der Waals surface area contributed by atoms with Gasteiger partial charge in [0.15, 0.2) is 0 Å². The molecule has 3 rings (SSSR count). The maximum atomic E-state index is 12.0. The zero-order valence-corrected chi connectivity index (χ0v) is 11.4. The third-order valence-corrected chi connectivity index (χ3v) is 4.63. The molecule has 3 nitrogen and oxygen atoms in total. The van der Waals surface area contributed by atoms with Crippen LogP contribution in [0.3, 0.4) is 0 Å². The Kier molecular flexibility index (Phi) is 3.31. The SMILES string of the molecule is CSc1ccc(C2NC(=O)C3CCCCN32)cc1. The standard InChI is InChI=1S/C14H18N2OS/c1-18-11-7-5-10(6-8-11)13-15-14(17)12-4-2-3-9-16(12)13/h5-8,12-13H,2-4,9H2,1H3,(H,15,17). The lowest BCUT2D eigenvalue weighted by Crippen LogP contribution is -2.38. The maximum Gasteiger partial charge on any atom is 0.238 e. The molecule has 0 radical (unpaired) electrons. The zero-order chi connectivity index (χ0) is 12.5. The first kappa shape index (κ1) is 12.1. The molecule has 0 aromatic heterocycles. The second-order valence-corrected chi connectivity index (χ2v) is 5.81. The Hall–Kier alpha value is -1.00. The van der Waals surface area contributed by atoms with Gasteiger partial charge >= 0.3 is 0 Å². The van der Waals surface area contributed by atoms with Crippen LogP contribution in [0.15, 0.2) is 29.2 Å². The molecule has 1 aromatic rings. The van der Waals surface area contributed by atoms with Crippen LogP contribution in [-0.2, 0) is 4.79 Å². The monoisotopic (exact) mass is 262 g/mol. The first-order valence-electron chi connectivity index (χ1n) is 6.49. The van der Waals surface area contributed by atoms with Crippen LogP contribution in [-0.4, -0.2) is 29.6 Å². The Morgan fingerprint density at radius 3 is 2.78 bits per heavy atom. The molecule has 2 aliphatic rings. The van der Waals surface area contributed by atoms with Crippen molar-refractivity contribution < 1.29 is 4.79 Å². The van der Waals surface area contributed by atoms with Crippen molar-refractivity contribution in [3.8, 4) is 0 Å². The van der Waals surface area contributed by atoms with E-state index in [0.29, 0.717) is 0 Å². The van der Waals surface area contributed by atoms with Gasteiger partial charge in [0.1, 0.15) is 6.17 Å². The second-order valence-electron chi connectivity index (χ2n) is 4.93. The van der Waals surface area contributed by atoms with Crippen LogP contribution in [0.25, 0.3) is 0 Å². The average Bonchev–Trinajstić information content (AvgIpc) is 2.77. The number of amides is 1. The topological polar surface area (TPSA) is 32.3 Å². The van der Waals surface area contributed by atoms with Gasteiger partial charge < -0.3 is 5.32 Å². The molecule has 1 aromatic carbocycles. The van der Waals surface area contributed by atoms with Crippen molar-refractivity contribution >= 4 is 17.7 Å². The van der Waals surface area contributed by atoms with Crippen molar-refractivity contribution in [2.24, 2.45) is 0 Å². The number of hydrogen-bond donors (Lipinski definition) is 1. The minimum Gasteiger partial charge on any atom is -0.335 e. The number of hydrogen-bond acceptors (Lipinski definition) is 3. The summed E-state index contributed by atoms with van der Waals surface area (Å²) in [5.41, 5.74) is 1.20. The predicted octanol–water partition coefficient (Wildman–Crippen LogP) is 2.39. The molecule has 2 fully saturated rings. The van der Waals surface area contributed by atoms with E-state index < -0.39 is 0 Å². The van der Waals surface area contributed by atoms with Crippen LogP contribution in [0.2, 0.25) is 0 Å². The number of nitrogens with one attached hydrogen (secondary N) is 1. The van der Waals surface area contributed by atoms with Crippen LogP contribution < -0.4 is 5.32 Å². The van der Waals surface area contributed by atoms with Crippen LogP contribution in [0.1, 0.15) is 31.0 Å². The molecule has 0 spiro atoms. The number of thioether (sulfide) groups is 1. The summed E-state index contributed by atoms with van der Waals surface area (Å²) < 4.78 is 0. The lowest BCUT2D eigenvalue weighted by Gasteiger charge is -2.31. The fourth-order valence-electron chi connectivity index (χ4n) is 2.92. The summed E-state index contributed by atoms with van der Waals surface area (Å²) in [5.74, 6) is 0.202. The normalized spacial score (nSPS) is 27.9. The molecule has 1 N–H and O–H groups in total. The van der Waals surface area contributed by atoms with Crippen LogP contribution in [0, 0.1) is 0 Å². The summed E-state index contributed by atoms with van der Waals surface area (Å²) in [5, 5.41) is 3.13. The quantitative estimate of drug-likeness (QED) is 0.831. The molecule has 96 valence electrons. The molecule has 1 amide bonds. The van der Waals surface area contributed by atoms with E-state index in [9.17, 15) is 4.79 Å². The second kappa shape index (κ2) is 4.94. The summed E-state index contributed by atoms with van der Waals surface area (Å²) in [6.45, 7) is 1.03. The number of rotatable bonds is 2. The molecular formula is C14H18N2OS. The molecule has 2 saturated heterocycles. The Morgan fingerprint density at radius 2 is 2.06 bits per heavy atom. The number of carbonyl (C=O) groups is 1. The summed E-state index contributed by atoms with van der Waals surface area (Å²) in [7, 11) is 0. The van der Waals surface area contributed by atoms with Gasteiger partial charge in [0.2, 0.25) is 5.91 Å². The van der Waals surface area contributed by atoms with Crippen molar-refractivity contribution in [3.63, 3.8) is 0 Å². The van der Waals surface area contributed by atoms with Crippen molar-refractivity contribution in [1.82, 2.24) is 10.2 Å². The summed E-state index contributed by atoms with van der Waals surface area (Å²) in [6.07, 6.45) is 5.54. The fourth-order valence-corrected chi connectivity index (χ4v) is 3.33.